The standard InChI is InChI=1S/C10H21NO4S/c1-3-8(2)11(10(13)6-12)9-4-5-16(14,15)7-9/h8-9,12,14-15H,3-7H2,1-2H3. The fraction of sp³-hybridized carbons (Fsp3) is 0.900. The smallest absolute Gasteiger partial charge is 0.248 e. The van der Waals surface area contributed by atoms with Gasteiger partial charge in [0.05, 0.1) is 11.8 Å². The van der Waals surface area contributed by atoms with Crippen LogP contribution in [0, 0.1) is 0 Å². The number of amides is 1. The molecule has 2 atom stereocenters. The Morgan fingerprint density at radius 2 is 2.19 bits per heavy atom. The van der Waals surface area contributed by atoms with Crippen LogP contribution in [0.4, 0.5) is 0 Å². The molecule has 0 aromatic carbocycles. The monoisotopic (exact) mass is 251 g/mol. The molecule has 1 amide bonds. The SMILES string of the molecule is CCC(C)N(C(=O)CO)C1CCS(O)(O)C1. The highest BCUT2D eigenvalue weighted by Crippen LogP contribution is 2.47. The van der Waals surface area contributed by atoms with Crippen LogP contribution in [-0.2, 0) is 4.79 Å². The third-order valence-electron chi connectivity index (χ3n) is 3.12. The molecule has 1 saturated heterocycles. The molecular formula is C10H21NO4S. The number of aliphatic hydroxyl groups is 1. The minimum atomic E-state index is -2.50. The van der Waals surface area contributed by atoms with E-state index in [0.717, 1.165) is 6.42 Å². The van der Waals surface area contributed by atoms with Gasteiger partial charge in [0.2, 0.25) is 5.91 Å². The largest absolute Gasteiger partial charge is 0.387 e. The van der Waals surface area contributed by atoms with Crippen molar-refractivity contribution < 1.29 is 19.0 Å². The van der Waals surface area contributed by atoms with Crippen LogP contribution in [0.5, 0.6) is 0 Å². The van der Waals surface area contributed by atoms with Crippen LogP contribution in [0.15, 0.2) is 0 Å². The second-order valence-corrected chi connectivity index (χ2v) is 6.68. The first kappa shape index (κ1) is 13.8. The fourth-order valence-corrected chi connectivity index (χ4v) is 3.87. The highest BCUT2D eigenvalue weighted by molar-refractivity contribution is 8.24. The Morgan fingerprint density at radius 3 is 2.56 bits per heavy atom. The molecule has 16 heavy (non-hydrogen) atoms. The summed E-state index contributed by atoms with van der Waals surface area (Å²) in [5, 5.41) is 8.93. The van der Waals surface area contributed by atoms with E-state index in [2.05, 4.69) is 0 Å². The zero-order valence-electron chi connectivity index (χ0n) is 9.80. The van der Waals surface area contributed by atoms with Crippen LogP contribution in [0.3, 0.4) is 0 Å². The van der Waals surface area contributed by atoms with Crippen LogP contribution in [-0.4, -0.2) is 55.2 Å². The number of carbonyl (C=O) groups is 1. The average molecular weight is 251 g/mol. The van der Waals surface area contributed by atoms with Crippen LogP contribution < -0.4 is 0 Å². The Balaban J connectivity index is 2.74. The molecule has 1 fully saturated rings. The van der Waals surface area contributed by atoms with Gasteiger partial charge in [0.15, 0.2) is 0 Å². The second kappa shape index (κ2) is 5.35. The van der Waals surface area contributed by atoms with Gasteiger partial charge in [-0.15, -0.1) is 0 Å². The van der Waals surface area contributed by atoms with Gasteiger partial charge in [0.1, 0.15) is 6.61 Å². The normalized spacial score (nSPS) is 27.4. The van der Waals surface area contributed by atoms with Crippen LogP contribution >= 0.6 is 10.6 Å². The third-order valence-corrected chi connectivity index (χ3v) is 4.93. The van der Waals surface area contributed by atoms with Gasteiger partial charge in [-0.2, -0.15) is 10.6 Å². The number of nitrogens with zero attached hydrogens (tertiary/aromatic N) is 1. The zero-order chi connectivity index (χ0) is 12.3. The Bertz CT molecular complexity index is 259. The lowest BCUT2D eigenvalue weighted by Crippen LogP contribution is -2.47. The van der Waals surface area contributed by atoms with Crippen molar-refractivity contribution in [1.29, 1.82) is 0 Å². The molecule has 0 radical (unpaired) electrons. The molecule has 0 aromatic rings. The van der Waals surface area contributed by atoms with Gasteiger partial charge in [-0.1, -0.05) is 6.92 Å². The summed E-state index contributed by atoms with van der Waals surface area (Å²) in [5.41, 5.74) is 0. The van der Waals surface area contributed by atoms with E-state index in [4.69, 9.17) is 5.11 Å². The van der Waals surface area contributed by atoms with Crippen molar-refractivity contribution in [3.63, 3.8) is 0 Å². The van der Waals surface area contributed by atoms with E-state index in [9.17, 15) is 13.9 Å². The second-order valence-electron chi connectivity index (χ2n) is 4.33. The molecule has 2 unspecified atom stereocenters. The van der Waals surface area contributed by atoms with Crippen LogP contribution in [0.1, 0.15) is 26.7 Å². The summed E-state index contributed by atoms with van der Waals surface area (Å²) in [6.07, 6.45) is 1.40. The predicted molar refractivity (Wildman–Crippen MR) is 64.7 cm³/mol. The lowest BCUT2D eigenvalue weighted by molar-refractivity contribution is -0.138. The molecular weight excluding hydrogens is 230 g/mol. The molecule has 6 heteroatoms. The lowest BCUT2D eigenvalue weighted by Gasteiger charge is -2.35. The fourth-order valence-electron chi connectivity index (χ4n) is 2.11. The van der Waals surface area contributed by atoms with E-state index >= 15 is 0 Å². The summed E-state index contributed by atoms with van der Waals surface area (Å²) in [6, 6.07) is -0.113. The molecule has 1 heterocycles. The van der Waals surface area contributed by atoms with Crippen molar-refractivity contribution in [2.75, 3.05) is 18.1 Å². The Kier molecular flexibility index (Phi) is 4.61. The number of aliphatic hydroxyl groups excluding tert-OH is 1. The topological polar surface area (TPSA) is 81.0 Å². The Morgan fingerprint density at radius 1 is 1.56 bits per heavy atom. The van der Waals surface area contributed by atoms with E-state index in [1.807, 2.05) is 13.8 Å². The summed E-state index contributed by atoms with van der Waals surface area (Å²) < 4.78 is 19.1. The molecule has 0 spiro atoms. The number of rotatable bonds is 4. The van der Waals surface area contributed by atoms with Gasteiger partial charge in [-0.05, 0) is 19.8 Å². The first-order valence-electron chi connectivity index (χ1n) is 5.57. The van der Waals surface area contributed by atoms with E-state index in [1.165, 1.54) is 0 Å². The number of hydrogen-bond donors (Lipinski definition) is 3. The maximum absolute atomic E-state index is 11.6. The minimum absolute atomic E-state index is 0.0259. The van der Waals surface area contributed by atoms with E-state index in [1.54, 1.807) is 4.90 Å². The molecule has 0 aliphatic carbocycles. The highest BCUT2D eigenvalue weighted by Gasteiger charge is 2.36. The van der Waals surface area contributed by atoms with Gasteiger partial charge >= 0.3 is 0 Å². The lowest BCUT2D eigenvalue weighted by atomic mass is 10.1. The summed E-state index contributed by atoms with van der Waals surface area (Å²) in [5.74, 6) is 0.295. The molecule has 3 N–H and O–H groups in total. The highest BCUT2D eigenvalue weighted by atomic mass is 32.3. The first-order valence-corrected chi connectivity index (χ1v) is 7.45. The van der Waals surface area contributed by atoms with Gasteiger partial charge in [-0.25, -0.2) is 0 Å². The van der Waals surface area contributed by atoms with Gasteiger partial charge in [0, 0.05) is 11.8 Å². The molecule has 0 bridgehead atoms. The summed E-state index contributed by atoms with van der Waals surface area (Å²) >= 11 is 0. The van der Waals surface area contributed by atoms with Crippen molar-refractivity contribution in [1.82, 2.24) is 4.90 Å². The summed E-state index contributed by atoms with van der Waals surface area (Å²) in [6.45, 7) is 3.37. The van der Waals surface area contributed by atoms with E-state index in [0.29, 0.717) is 12.2 Å². The van der Waals surface area contributed by atoms with Crippen molar-refractivity contribution in [3.05, 3.63) is 0 Å². The van der Waals surface area contributed by atoms with Crippen molar-refractivity contribution in [3.8, 4) is 0 Å². The molecule has 5 nitrogen and oxygen atoms in total. The van der Waals surface area contributed by atoms with Gasteiger partial charge < -0.3 is 10.0 Å². The molecule has 0 saturated carbocycles. The first-order chi connectivity index (χ1) is 7.41. The average Bonchev–Trinajstić information content (AvgIpc) is 2.58. The molecule has 1 rings (SSSR count). The van der Waals surface area contributed by atoms with E-state index < -0.39 is 17.2 Å². The number of hydrogen-bond acceptors (Lipinski definition) is 4. The molecule has 96 valence electrons. The Hall–Kier alpha value is -0.300. The van der Waals surface area contributed by atoms with Crippen LogP contribution in [0.2, 0.25) is 0 Å². The maximum atomic E-state index is 11.6. The summed E-state index contributed by atoms with van der Waals surface area (Å²) in [4.78, 5) is 13.2. The molecule has 1 aliphatic heterocycles. The maximum Gasteiger partial charge on any atom is 0.248 e. The Labute approximate surface area is 97.8 Å². The van der Waals surface area contributed by atoms with Gasteiger partial charge in [-0.3, -0.25) is 13.9 Å². The third kappa shape index (κ3) is 3.10. The summed E-state index contributed by atoms with van der Waals surface area (Å²) in [7, 11) is -2.50. The molecule has 1 aliphatic rings. The van der Waals surface area contributed by atoms with Crippen molar-refractivity contribution in [2.24, 2.45) is 0 Å². The predicted octanol–water partition coefficient (Wildman–Crippen LogP) is 1.13. The quantitative estimate of drug-likeness (QED) is 0.699. The van der Waals surface area contributed by atoms with E-state index in [-0.39, 0.29) is 23.7 Å². The number of carbonyl (C=O) groups excluding carboxylic acids is 1. The van der Waals surface area contributed by atoms with Crippen molar-refractivity contribution >= 4 is 16.5 Å². The molecule has 0 aromatic heterocycles. The van der Waals surface area contributed by atoms with Gasteiger partial charge in [0.25, 0.3) is 0 Å². The van der Waals surface area contributed by atoms with Crippen LogP contribution in [0.25, 0.3) is 0 Å². The zero-order valence-corrected chi connectivity index (χ0v) is 10.6. The minimum Gasteiger partial charge on any atom is -0.387 e. The van der Waals surface area contributed by atoms with Crippen molar-refractivity contribution in [2.45, 2.75) is 38.8 Å².